The van der Waals surface area contributed by atoms with E-state index >= 15 is 0 Å². The number of halogens is 3. The van der Waals surface area contributed by atoms with Crippen molar-refractivity contribution >= 4 is 23.4 Å². The molecule has 4 aromatic rings. The molecule has 214 valence electrons. The number of carbonyl (C=O) groups excluding carboxylic acids is 3. The Hall–Kier alpha value is -4.99. The molecule has 0 spiro atoms. The summed E-state index contributed by atoms with van der Waals surface area (Å²) in [7, 11) is 0. The van der Waals surface area contributed by atoms with Crippen molar-refractivity contribution in [3.8, 4) is 11.1 Å². The third-order valence-electron chi connectivity index (χ3n) is 7.38. The molecule has 0 bridgehead atoms. The number of hydrogen-bond donors (Lipinski definition) is 3. The van der Waals surface area contributed by atoms with Gasteiger partial charge in [0.2, 0.25) is 11.8 Å². The van der Waals surface area contributed by atoms with Crippen LogP contribution in [0, 0.1) is 31.3 Å². The van der Waals surface area contributed by atoms with E-state index in [9.17, 15) is 27.6 Å². The summed E-state index contributed by atoms with van der Waals surface area (Å²) in [6.45, 7) is 3.74. The predicted octanol–water partition coefficient (Wildman–Crippen LogP) is 5.41. The van der Waals surface area contributed by atoms with Gasteiger partial charge in [-0.05, 0) is 78.4 Å². The molecule has 0 saturated carbocycles. The molecule has 0 radical (unpaired) electrons. The number of nitrogens with one attached hydrogen (secondary N) is 2. The van der Waals surface area contributed by atoms with Crippen molar-refractivity contribution in [3.05, 3.63) is 118 Å². The number of aryl methyl sites for hydroxylation is 2. The average molecular weight is 573 g/mol. The lowest BCUT2D eigenvalue weighted by atomic mass is 9.91. The van der Waals surface area contributed by atoms with Crippen molar-refractivity contribution in [2.24, 2.45) is 5.73 Å². The maximum Gasteiger partial charge on any atom is 0.251 e. The number of fused-ring (bicyclic) bond motifs is 1. The van der Waals surface area contributed by atoms with Crippen LogP contribution in [0.15, 0.2) is 66.9 Å². The summed E-state index contributed by atoms with van der Waals surface area (Å²) in [6, 6.07) is 13.0. The minimum Gasteiger partial charge on any atom is -0.366 e. The van der Waals surface area contributed by atoms with Gasteiger partial charge >= 0.3 is 0 Å². The van der Waals surface area contributed by atoms with Gasteiger partial charge in [-0.2, -0.15) is 0 Å². The van der Waals surface area contributed by atoms with Gasteiger partial charge in [0, 0.05) is 29.9 Å². The zero-order valence-corrected chi connectivity index (χ0v) is 22.8. The van der Waals surface area contributed by atoms with Crippen LogP contribution in [0.1, 0.15) is 56.7 Å². The van der Waals surface area contributed by atoms with Gasteiger partial charge in [0.05, 0.1) is 23.2 Å². The molecule has 1 aliphatic heterocycles. The molecule has 10 heteroatoms. The first-order valence-electron chi connectivity index (χ1n) is 13.2. The first-order chi connectivity index (χ1) is 20.0. The molecule has 1 unspecified atom stereocenters. The van der Waals surface area contributed by atoms with Crippen LogP contribution < -0.4 is 16.4 Å². The maximum atomic E-state index is 14.2. The monoisotopic (exact) mass is 572 g/mol. The van der Waals surface area contributed by atoms with Crippen LogP contribution in [-0.2, 0) is 16.0 Å². The summed E-state index contributed by atoms with van der Waals surface area (Å²) in [6.07, 6.45) is 1.25. The number of amides is 3. The normalized spacial score (nSPS) is 14.7. The minimum atomic E-state index is -0.958. The van der Waals surface area contributed by atoms with Crippen LogP contribution in [0.3, 0.4) is 0 Å². The molecule has 0 fully saturated rings. The molecule has 1 aromatic heterocycles. The third-order valence-corrected chi connectivity index (χ3v) is 7.38. The fraction of sp³-hybridized carbons (Fsp3) is 0.188. The summed E-state index contributed by atoms with van der Waals surface area (Å²) in [4.78, 5) is 42.7. The van der Waals surface area contributed by atoms with Crippen molar-refractivity contribution in [2.45, 2.75) is 38.6 Å². The Morgan fingerprint density at radius 3 is 2.43 bits per heavy atom. The highest BCUT2D eigenvalue weighted by Crippen LogP contribution is 2.39. The molecule has 2 atom stereocenters. The van der Waals surface area contributed by atoms with E-state index in [0.717, 1.165) is 41.0 Å². The van der Waals surface area contributed by atoms with E-state index in [1.54, 1.807) is 12.1 Å². The highest BCUT2D eigenvalue weighted by molar-refractivity contribution is 6.06. The molecule has 7 nitrogen and oxygen atoms in total. The van der Waals surface area contributed by atoms with Crippen molar-refractivity contribution in [1.82, 2.24) is 10.3 Å². The molecule has 3 amide bonds. The standard InChI is InChI=1S/C32H27F3N4O3/c1-16-5-6-17(2)29-28(16)24(32(42)39-29)15-27(40)38-26(12-18-10-20(33)14-21(34)11-18)30-22(4-3-9-37-30)19-7-8-25(35)23(13-19)31(36)41/h3-11,13-14,24,26H,12,15H2,1-2H3,(H2,36,41)(H,38,40)(H,39,42)/t24-,26?/m0/s1. The van der Waals surface area contributed by atoms with E-state index in [-0.39, 0.29) is 29.9 Å². The van der Waals surface area contributed by atoms with E-state index in [2.05, 4.69) is 15.6 Å². The van der Waals surface area contributed by atoms with Gasteiger partial charge in [0.15, 0.2) is 0 Å². The first-order valence-corrected chi connectivity index (χ1v) is 13.2. The van der Waals surface area contributed by atoms with Crippen LogP contribution in [0.25, 0.3) is 11.1 Å². The van der Waals surface area contributed by atoms with Crippen molar-refractivity contribution in [1.29, 1.82) is 0 Å². The second-order valence-corrected chi connectivity index (χ2v) is 10.3. The highest BCUT2D eigenvalue weighted by atomic mass is 19.1. The number of hydrogen-bond acceptors (Lipinski definition) is 4. The van der Waals surface area contributed by atoms with Gasteiger partial charge in [0.25, 0.3) is 5.91 Å². The van der Waals surface area contributed by atoms with Gasteiger partial charge in [-0.3, -0.25) is 19.4 Å². The Kier molecular flexibility index (Phi) is 7.80. The van der Waals surface area contributed by atoms with Crippen molar-refractivity contribution in [2.75, 3.05) is 5.32 Å². The summed E-state index contributed by atoms with van der Waals surface area (Å²) in [5.41, 5.74) is 9.61. The highest BCUT2D eigenvalue weighted by Gasteiger charge is 2.35. The predicted molar refractivity (Wildman–Crippen MR) is 151 cm³/mol. The Morgan fingerprint density at radius 1 is 1.00 bits per heavy atom. The SMILES string of the molecule is Cc1ccc(C)c2c1NC(=O)[C@H]2CC(=O)NC(Cc1cc(F)cc(F)c1)c1ncccc1-c1ccc(F)c(C(N)=O)c1. The van der Waals surface area contributed by atoms with Gasteiger partial charge in [0.1, 0.15) is 17.5 Å². The number of primary amides is 1. The lowest BCUT2D eigenvalue weighted by Gasteiger charge is -2.22. The van der Waals surface area contributed by atoms with Gasteiger partial charge in [-0.1, -0.05) is 24.3 Å². The molecular weight excluding hydrogens is 545 g/mol. The number of rotatable bonds is 8. The molecule has 0 saturated heterocycles. The fourth-order valence-corrected chi connectivity index (χ4v) is 5.42. The van der Waals surface area contributed by atoms with Gasteiger partial charge in [-0.25, -0.2) is 13.2 Å². The lowest BCUT2D eigenvalue weighted by molar-refractivity contribution is -0.125. The van der Waals surface area contributed by atoms with E-state index < -0.39 is 41.2 Å². The average Bonchev–Trinajstić information content (AvgIpc) is 3.26. The molecule has 3 aromatic carbocycles. The van der Waals surface area contributed by atoms with Gasteiger partial charge in [-0.15, -0.1) is 0 Å². The molecule has 5 rings (SSSR count). The quantitative estimate of drug-likeness (QED) is 0.262. The Labute approximate surface area is 240 Å². The zero-order chi connectivity index (χ0) is 30.1. The van der Waals surface area contributed by atoms with E-state index in [1.165, 1.54) is 18.3 Å². The van der Waals surface area contributed by atoms with E-state index in [4.69, 9.17) is 5.73 Å². The van der Waals surface area contributed by atoms with Crippen LogP contribution in [-0.4, -0.2) is 22.7 Å². The Balaban J connectivity index is 1.52. The fourth-order valence-electron chi connectivity index (χ4n) is 5.42. The largest absolute Gasteiger partial charge is 0.366 e. The number of carbonyl (C=O) groups is 3. The second kappa shape index (κ2) is 11.5. The number of nitrogens with zero attached hydrogens (tertiary/aromatic N) is 1. The van der Waals surface area contributed by atoms with Crippen LogP contribution in [0.2, 0.25) is 0 Å². The number of anilines is 1. The molecular formula is C32H27F3N4O3. The van der Waals surface area contributed by atoms with E-state index in [1.807, 2.05) is 26.0 Å². The summed E-state index contributed by atoms with van der Waals surface area (Å²) in [5.74, 6) is -4.84. The Bertz CT molecular complexity index is 1720. The second-order valence-electron chi connectivity index (χ2n) is 10.3. The first kappa shape index (κ1) is 28.5. The third kappa shape index (κ3) is 5.74. The molecule has 0 aliphatic carbocycles. The van der Waals surface area contributed by atoms with Gasteiger partial charge < -0.3 is 16.4 Å². The smallest absolute Gasteiger partial charge is 0.251 e. The minimum absolute atomic E-state index is 0.0557. The summed E-state index contributed by atoms with van der Waals surface area (Å²) >= 11 is 0. The number of pyridine rings is 1. The van der Waals surface area contributed by atoms with Crippen LogP contribution in [0.4, 0.5) is 18.9 Å². The number of benzene rings is 3. The van der Waals surface area contributed by atoms with Crippen LogP contribution >= 0.6 is 0 Å². The lowest BCUT2D eigenvalue weighted by Crippen LogP contribution is -2.33. The maximum absolute atomic E-state index is 14.2. The number of aromatic nitrogens is 1. The van der Waals surface area contributed by atoms with E-state index in [0.29, 0.717) is 22.5 Å². The topological polar surface area (TPSA) is 114 Å². The van der Waals surface area contributed by atoms with Crippen molar-refractivity contribution in [3.63, 3.8) is 0 Å². The molecule has 4 N–H and O–H groups in total. The zero-order valence-electron chi connectivity index (χ0n) is 22.8. The molecule has 1 aliphatic rings. The molecule has 42 heavy (non-hydrogen) atoms. The number of nitrogens with two attached hydrogens (primary N) is 1. The molecule has 2 heterocycles. The summed E-state index contributed by atoms with van der Waals surface area (Å²) in [5, 5.41) is 5.77. The summed E-state index contributed by atoms with van der Waals surface area (Å²) < 4.78 is 42.4. The van der Waals surface area contributed by atoms with Crippen molar-refractivity contribution < 1.29 is 27.6 Å². The van der Waals surface area contributed by atoms with Crippen LogP contribution in [0.5, 0.6) is 0 Å². The Morgan fingerprint density at radius 2 is 1.71 bits per heavy atom.